The average molecular weight is 583 g/mol. The Bertz CT molecular complexity index is 1260. The van der Waals surface area contributed by atoms with Gasteiger partial charge in [-0.15, -0.1) is 0 Å². The van der Waals surface area contributed by atoms with Gasteiger partial charge in [-0.2, -0.15) is 0 Å². The van der Waals surface area contributed by atoms with Gasteiger partial charge in [0.1, 0.15) is 0 Å². The van der Waals surface area contributed by atoms with Crippen LogP contribution in [0.25, 0.3) is 22.3 Å². The van der Waals surface area contributed by atoms with E-state index in [1.54, 1.807) is 48.5 Å². The van der Waals surface area contributed by atoms with Gasteiger partial charge in [0.05, 0.1) is 12.7 Å². The number of halogens is 4. The van der Waals surface area contributed by atoms with Crippen molar-refractivity contribution in [2.45, 2.75) is 116 Å². The summed E-state index contributed by atoms with van der Waals surface area (Å²) in [7, 11) is 0. The van der Waals surface area contributed by atoms with Crippen LogP contribution in [0.2, 0.25) is 0 Å². The molecule has 228 valence electrons. The SMILES string of the molecule is CCCCCCCc1ccc(-c2ccc(-c3ccc(C4CCC(CCCCCCC)OC4)c(F)c3F)cc2)c(F)c1F. The molecule has 3 aromatic carbocycles. The Balaban J connectivity index is 1.38. The molecule has 1 nitrogen and oxygen atoms in total. The Morgan fingerprint density at radius 2 is 1.17 bits per heavy atom. The van der Waals surface area contributed by atoms with Gasteiger partial charge in [0, 0.05) is 17.0 Å². The first-order valence-corrected chi connectivity index (χ1v) is 16.1. The summed E-state index contributed by atoms with van der Waals surface area (Å²) >= 11 is 0. The molecule has 0 spiro atoms. The monoisotopic (exact) mass is 582 g/mol. The molecule has 3 aromatic rings. The van der Waals surface area contributed by atoms with E-state index >= 15 is 8.78 Å². The fraction of sp³-hybridized carbons (Fsp3) is 0.514. The highest BCUT2D eigenvalue weighted by atomic mass is 19.2. The van der Waals surface area contributed by atoms with Crippen LogP contribution in [-0.2, 0) is 11.2 Å². The molecule has 1 aliphatic rings. The largest absolute Gasteiger partial charge is 0.378 e. The van der Waals surface area contributed by atoms with E-state index in [2.05, 4.69) is 13.8 Å². The predicted molar refractivity (Wildman–Crippen MR) is 165 cm³/mol. The second kappa shape index (κ2) is 16.3. The number of hydrogen-bond acceptors (Lipinski definition) is 1. The fourth-order valence-corrected chi connectivity index (χ4v) is 6.11. The van der Waals surface area contributed by atoms with Gasteiger partial charge in [-0.05, 0) is 54.4 Å². The molecule has 0 aliphatic carbocycles. The number of unbranched alkanes of at least 4 members (excludes halogenated alkanes) is 8. The Labute approximate surface area is 249 Å². The second-order valence-electron chi connectivity index (χ2n) is 11.9. The lowest BCUT2D eigenvalue weighted by Crippen LogP contribution is -2.25. The molecule has 0 saturated carbocycles. The number of hydrogen-bond donors (Lipinski definition) is 0. The fourth-order valence-electron chi connectivity index (χ4n) is 6.11. The minimum atomic E-state index is -0.890. The molecule has 42 heavy (non-hydrogen) atoms. The molecule has 5 heteroatoms. The molecule has 4 rings (SSSR count). The quantitative estimate of drug-likeness (QED) is 0.128. The summed E-state index contributed by atoms with van der Waals surface area (Å²) in [6.07, 6.45) is 14.7. The molecular weight excluding hydrogens is 536 g/mol. The second-order valence-corrected chi connectivity index (χ2v) is 11.9. The van der Waals surface area contributed by atoms with Crippen molar-refractivity contribution in [1.82, 2.24) is 0 Å². The van der Waals surface area contributed by atoms with Crippen molar-refractivity contribution in [2.75, 3.05) is 6.61 Å². The van der Waals surface area contributed by atoms with E-state index in [0.717, 1.165) is 57.8 Å². The lowest BCUT2D eigenvalue weighted by Gasteiger charge is -2.30. The van der Waals surface area contributed by atoms with Crippen LogP contribution in [0.4, 0.5) is 17.6 Å². The van der Waals surface area contributed by atoms with Gasteiger partial charge in [-0.1, -0.05) is 120 Å². The highest BCUT2D eigenvalue weighted by molar-refractivity contribution is 5.71. The lowest BCUT2D eigenvalue weighted by atomic mass is 9.88. The van der Waals surface area contributed by atoms with Gasteiger partial charge in [0.15, 0.2) is 23.3 Å². The summed E-state index contributed by atoms with van der Waals surface area (Å²) in [5.74, 6) is -3.56. The molecular formula is C37H46F4O. The van der Waals surface area contributed by atoms with Crippen LogP contribution in [0.3, 0.4) is 0 Å². The van der Waals surface area contributed by atoms with Gasteiger partial charge in [-0.3, -0.25) is 0 Å². The molecule has 1 heterocycles. The molecule has 0 radical (unpaired) electrons. The molecule has 0 amide bonds. The van der Waals surface area contributed by atoms with E-state index in [-0.39, 0.29) is 23.1 Å². The number of ether oxygens (including phenoxy) is 1. The molecule has 1 fully saturated rings. The normalized spacial score (nSPS) is 17.1. The number of aryl methyl sites for hydroxylation is 1. The average Bonchev–Trinajstić information content (AvgIpc) is 3.01. The third kappa shape index (κ3) is 8.24. The highest BCUT2D eigenvalue weighted by Gasteiger charge is 2.27. The lowest BCUT2D eigenvalue weighted by molar-refractivity contribution is -0.00283. The van der Waals surface area contributed by atoms with Crippen molar-refractivity contribution in [3.05, 3.63) is 82.9 Å². The van der Waals surface area contributed by atoms with Gasteiger partial charge >= 0.3 is 0 Å². The standard InChI is InChI=1S/C37H46F4O/c1-3-5-7-9-11-13-28-20-22-31(35(39)34(28)38)26-15-17-27(18-16-26)32-23-24-33(37(41)36(32)40)29-19-21-30(42-25-29)14-12-10-8-6-4-2/h15-18,20,22-24,29-30H,3-14,19,21,25H2,1-2H3. The van der Waals surface area contributed by atoms with Crippen LogP contribution in [0.15, 0.2) is 48.5 Å². The van der Waals surface area contributed by atoms with Crippen molar-refractivity contribution in [3.63, 3.8) is 0 Å². The summed E-state index contributed by atoms with van der Waals surface area (Å²) in [6.45, 7) is 4.75. The van der Waals surface area contributed by atoms with E-state index < -0.39 is 23.3 Å². The third-order valence-corrected chi connectivity index (χ3v) is 8.77. The van der Waals surface area contributed by atoms with E-state index in [1.165, 1.54) is 25.7 Å². The van der Waals surface area contributed by atoms with Crippen molar-refractivity contribution in [1.29, 1.82) is 0 Å². The summed E-state index contributed by atoms with van der Waals surface area (Å²) in [5.41, 5.74) is 2.03. The Morgan fingerprint density at radius 3 is 1.76 bits per heavy atom. The maximum absolute atomic E-state index is 15.3. The van der Waals surface area contributed by atoms with Crippen LogP contribution in [-0.4, -0.2) is 12.7 Å². The van der Waals surface area contributed by atoms with Crippen LogP contribution >= 0.6 is 0 Å². The molecule has 2 unspecified atom stereocenters. The van der Waals surface area contributed by atoms with E-state index in [4.69, 9.17) is 4.74 Å². The third-order valence-electron chi connectivity index (χ3n) is 8.77. The van der Waals surface area contributed by atoms with E-state index in [0.29, 0.717) is 35.3 Å². The first-order valence-electron chi connectivity index (χ1n) is 16.1. The van der Waals surface area contributed by atoms with Crippen LogP contribution < -0.4 is 0 Å². The van der Waals surface area contributed by atoms with Crippen molar-refractivity contribution >= 4 is 0 Å². The van der Waals surface area contributed by atoms with Crippen molar-refractivity contribution < 1.29 is 22.3 Å². The van der Waals surface area contributed by atoms with Gasteiger partial charge in [0.2, 0.25) is 0 Å². The molecule has 2 atom stereocenters. The molecule has 0 aromatic heterocycles. The topological polar surface area (TPSA) is 9.23 Å². The summed E-state index contributed by atoms with van der Waals surface area (Å²) in [5, 5.41) is 0. The zero-order valence-corrected chi connectivity index (χ0v) is 25.3. The maximum Gasteiger partial charge on any atom is 0.166 e. The number of rotatable bonds is 15. The van der Waals surface area contributed by atoms with E-state index in [1.807, 2.05) is 0 Å². The first kappa shape index (κ1) is 32.3. The summed E-state index contributed by atoms with van der Waals surface area (Å²) in [6, 6.07) is 13.0. The van der Waals surface area contributed by atoms with Gasteiger partial charge in [-0.25, -0.2) is 17.6 Å². The minimum absolute atomic E-state index is 0.148. The summed E-state index contributed by atoms with van der Waals surface area (Å²) in [4.78, 5) is 0. The Hall–Kier alpha value is -2.66. The Morgan fingerprint density at radius 1 is 0.595 bits per heavy atom. The molecule has 0 bridgehead atoms. The van der Waals surface area contributed by atoms with Crippen molar-refractivity contribution in [3.8, 4) is 22.3 Å². The molecule has 1 aliphatic heterocycles. The van der Waals surface area contributed by atoms with Gasteiger partial charge in [0.25, 0.3) is 0 Å². The van der Waals surface area contributed by atoms with Crippen LogP contribution in [0, 0.1) is 23.3 Å². The van der Waals surface area contributed by atoms with Gasteiger partial charge < -0.3 is 4.74 Å². The van der Waals surface area contributed by atoms with Crippen molar-refractivity contribution in [2.24, 2.45) is 0 Å². The Kier molecular flexibility index (Phi) is 12.5. The van der Waals surface area contributed by atoms with E-state index in [9.17, 15) is 8.78 Å². The molecule has 0 N–H and O–H groups in total. The highest BCUT2D eigenvalue weighted by Crippen LogP contribution is 2.36. The summed E-state index contributed by atoms with van der Waals surface area (Å²) < 4.78 is 66.3. The minimum Gasteiger partial charge on any atom is -0.378 e. The smallest absolute Gasteiger partial charge is 0.166 e. The maximum atomic E-state index is 15.3. The first-order chi connectivity index (χ1) is 20.4. The zero-order valence-electron chi connectivity index (χ0n) is 25.3. The van der Waals surface area contributed by atoms with Crippen LogP contribution in [0.1, 0.15) is 114 Å². The predicted octanol–water partition coefficient (Wildman–Crippen LogP) is 11.7. The number of benzene rings is 3. The van der Waals surface area contributed by atoms with Crippen LogP contribution in [0.5, 0.6) is 0 Å². The molecule has 1 saturated heterocycles. The zero-order chi connectivity index (χ0) is 29.9.